The summed E-state index contributed by atoms with van der Waals surface area (Å²) in [6, 6.07) is 3.11. The first-order valence-electron chi connectivity index (χ1n) is 16.6. The zero-order chi connectivity index (χ0) is 36.5. The highest BCUT2D eigenvalue weighted by Crippen LogP contribution is 2.39. The summed E-state index contributed by atoms with van der Waals surface area (Å²) in [6.45, 7) is 9.87. The Kier molecular flexibility index (Phi) is 27.9. The average Bonchev–Trinajstić information content (AvgIpc) is 3.11. The molecule has 16 heteroatoms. The summed E-state index contributed by atoms with van der Waals surface area (Å²) < 4.78 is 50.9. The van der Waals surface area contributed by atoms with Gasteiger partial charge < -0.3 is 70.3 Å². The number of allylic oxidation sites excluding steroid dienone is 2. The first kappa shape index (κ1) is 44.4. The Morgan fingerprint density at radius 1 is 0.660 bits per heavy atom. The van der Waals surface area contributed by atoms with Crippen molar-refractivity contribution < 1.29 is 57.3 Å². The van der Waals surface area contributed by atoms with Gasteiger partial charge in [0.2, 0.25) is 5.75 Å². The van der Waals surface area contributed by atoms with Crippen LogP contribution in [-0.2, 0) is 33.2 Å². The highest BCUT2D eigenvalue weighted by Gasteiger charge is 2.19. The Balaban J connectivity index is 3.05. The van der Waals surface area contributed by atoms with E-state index in [-0.39, 0.29) is 74.6 Å². The number of amides is 1. The monoisotopic (exact) mass is 712 g/mol. The molecule has 0 aliphatic rings. The van der Waals surface area contributed by atoms with Gasteiger partial charge in [-0.2, -0.15) is 0 Å². The minimum absolute atomic E-state index is 0.0787. The molecule has 0 bridgehead atoms. The van der Waals surface area contributed by atoms with Gasteiger partial charge in [-0.25, -0.2) is 4.79 Å². The lowest BCUT2D eigenvalue weighted by atomic mass is 10.1. The second-order valence-corrected chi connectivity index (χ2v) is 10.00. The molecule has 0 saturated heterocycles. The van der Waals surface area contributed by atoms with Crippen molar-refractivity contribution in [1.82, 2.24) is 5.32 Å². The topological polar surface area (TPSA) is 228 Å². The highest BCUT2D eigenvalue weighted by atomic mass is 16.6. The van der Waals surface area contributed by atoms with Crippen LogP contribution in [0.5, 0.6) is 17.2 Å². The summed E-state index contributed by atoms with van der Waals surface area (Å²) >= 11 is 0. The fourth-order valence-corrected chi connectivity index (χ4v) is 3.81. The zero-order valence-corrected chi connectivity index (χ0v) is 29.0. The molecule has 1 aromatic rings. The van der Waals surface area contributed by atoms with Gasteiger partial charge in [-0.3, -0.25) is 4.79 Å². The van der Waals surface area contributed by atoms with E-state index in [9.17, 15) is 14.7 Å². The fraction of sp³-hybridized carbons (Fsp3) is 0.588. The van der Waals surface area contributed by atoms with Crippen molar-refractivity contribution in [1.29, 1.82) is 0 Å². The molecule has 1 aromatic carbocycles. The molecule has 16 nitrogen and oxygen atoms in total. The molecule has 1 amide bonds. The average molecular weight is 713 g/mol. The van der Waals surface area contributed by atoms with Crippen molar-refractivity contribution >= 4 is 11.9 Å². The SMILES string of the molecule is C=C/C=C(\C=C/CCNC(=O)c1cc(OCCOCCOCCN)c(OCCOCCOCCN)c(OCCOCCOCCN)c1)C(=O)O. The van der Waals surface area contributed by atoms with Gasteiger partial charge in [0.15, 0.2) is 11.5 Å². The standard InChI is InChI=1S/C34H56N4O12/c1-2-5-28(34(40)41)6-3-4-10-38-33(39)29-26-30(48-23-20-45-17-14-42-11-7-35)32(50-25-22-47-19-16-44-13-9-37)31(27-29)49-24-21-46-18-15-43-12-8-36/h2-3,5-6,26-27H,1,4,7-25,35-37H2,(H,38,39)(H,40,41)/b6-3-,28-5+. The van der Waals surface area contributed by atoms with Crippen LogP contribution in [0.3, 0.4) is 0 Å². The second-order valence-electron chi connectivity index (χ2n) is 10.00. The van der Waals surface area contributed by atoms with Gasteiger partial charge in [0, 0.05) is 31.7 Å². The molecule has 0 aromatic heterocycles. The number of nitrogens with two attached hydrogens (primary N) is 3. The second kappa shape index (κ2) is 31.4. The minimum Gasteiger partial charge on any atom is -0.487 e. The van der Waals surface area contributed by atoms with E-state index in [1.807, 2.05) is 0 Å². The molecule has 0 heterocycles. The molecule has 0 radical (unpaired) electrons. The molecule has 0 atom stereocenters. The smallest absolute Gasteiger partial charge is 0.335 e. The number of rotatable bonds is 34. The third-order valence-electron chi connectivity index (χ3n) is 6.07. The number of ether oxygens (including phenoxy) is 9. The summed E-state index contributed by atoms with van der Waals surface area (Å²) in [5, 5.41) is 12.1. The molecule has 0 aliphatic carbocycles. The summed E-state index contributed by atoms with van der Waals surface area (Å²) in [5.74, 6) is -0.675. The van der Waals surface area contributed by atoms with Crippen molar-refractivity contribution in [2.75, 3.05) is 125 Å². The summed E-state index contributed by atoms with van der Waals surface area (Å²) in [5.41, 5.74) is 16.6. The van der Waals surface area contributed by atoms with Crippen molar-refractivity contribution in [3.63, 3.8) is 0 Å². The van der Waals surface area contributed by atoms with Crippen LogP contribution in [0.4, 0.5) is 0 Å². The largest absolute Gasteiger partial charge is 0.487 e. The normalized spacial score (nSPS) is 11.5. The number of benzene rings is 1. The number of nitrogens with one attached hydrogen (secondary N) is 1. The lowest BCUT2D eigenvalue weighted by Gasteiger charge is -2.19. The molecule has 0 aliphatic heterocycles. The molecule has 1 rings (SSSR count). The number of hydrogen-bond acceptors (Lipinski definition) is 14. The molecule has 8 N–H and O–H groups in total. The van der Waals surface area contributed by atoms with Gasteiger partial charge in [-0.15, -0.1) is 0 Å². The van der Waals surface area contributed by atoms with Crippen molar-refractivity contribution in [3.05, 3.63) is 54.2 Å². The molecule has 284 valence electrons. The van der Waals surface area contributed by atoms with Crippen LogP contribution in [0.1, 0.15) is 16.8 Å². The van der Waals surface area contributed by atoms with E-state index in [2.05, 4.69) is 11.9 Å². The number of carbonyl (C=O) groups is 2. The van der Waals surface area contributed by atoms with E-state index < -0.39 is 11.9 Å². The molecule has 0 spiro atoms. The van der Waals surface area contributed by atoms with Crippen LogP contribution in [0.25, 0.3) is 0 Å². The minimum atomic E-state index is -1.08. The third-order valence-corrected chi connectivity index (χ3v) is 6.07. The molecule has 0 fully saturated rings. The number of hydrogen-bond donors (Lipinski definition) is 5. The Bertz CT molecular complexity index is 1080. The number of aliphatic carboxylic acids is 1. The van der Waals surface area contributed by atoms with Crippen molar-refractivity contribution in [2.24, 2.45) is 17.2 Å². The number of carbonyl (C=O) groups excluding carboxylic acids is 1. The van der Waals surface area contributed by atoms with Gasteiger partial charge >= 0.3 is 5.97 Å². The molecular weight excluding hydrogens is 656 g/mol. The predicted octanol–water partition coefficient (Wildman–Crippen LogP) is 0.672. The van der Waals surface area contributed by atoms with Crippen LogP contribution in [0.2, 0.25) is 0 Å². The lowest BCUT2D eigenvalue weighted by Crippen LogP contribution is -2.24. The summed E-state index contributed by atoms with van der Waals surface area (Å²) in [4.78, 5) is 24.5. The van der Waals surface area contributed by atoms with E-state index in [1.54, 1.807) is 18.2 Å². The Hall–Kier alpha value is -3.58. The highest BCUT2D eigenvalue weighted by molar-refractivity contribution is 5.95. The predicted molar refractivity (Wildman–Crippen MR) is 187 cm³/mol. The maximum absolute atomic E-state index is 13.2. The van der Waals surface area contributed by atoms with Crippen molar-refractivity contribution in [3.8, 4) is 17.2 Å². The summed E-state index contributed by atoms with van der Waals surface area (Å²) in [6.07, 6.45) is 6.27. The molecule has 50 heavy (non-hydrogen) atoms. The van der Waals surface area contributed by atoms with Gasteiger partial charge in [0.25, 0.3) is 5.91 Å². The Labute approximate surface area is 294 Å². The third kappa shape index (κ3) is 22.2. The maximum Gasteiger partial charge on any atom is 0.335 e. The zero-order valence-electron chi connectivity index (χ0n) is 29.0. The van der Waals surface area contributed by atoms with Crippen LogP contribution < -0.4 is 36.7 Å². The van der Waals surface area contributed by atoms with Crippen LogP contribution >= 0.6 is 0 Å². The van der Waals surface area contributed by atoms with Gasteiger partial charge in [-0.1, -0.05) is 24.8 Å². The lowest BCUT2D eigenvalue weighted by molar-refractivity contribution is -0.132. The van der Waals surface area contributed by atoms with Gasteiger partial charge in [0.05, 0.1) is 84.9 Å². The molecule has 0 saturated carbocycles. The van der Waals surface area contributed by atoms with Crippen LogP contribution in [0, 0.1) is 0 Å². The molecule has 0 unspecified atom stereocenters. The fourth-order valence-electron chi connectivity index (χ4n) is 3.81. The van der Waals surface area contributed by atoms with Crippen LogP contribution in [0.15, 0.2) is 48.6 Å². The Morgan fingerprint density at radius 2 is 1.08 bits per heavy atom. The molecular formula is C34H56N4O12. The quantitative estimate of drug-likeness (QED) is 0.0376. The summed E-state index contributed by atoms with van der Waals surface area (Å²) in [7, 11) is 0. The van der Waals surface area contributed by atoms with Gasteiger partial charge in [0.1, 0.15) is 19.8 Å². The van der Waals surface area contributed by atoms with Crippen molar-refractivity contribution in [2.45, 2.75) is 6.42 Å². The number of carboxylic acid groups (broad SMARTS) is 1. The van der Waals surface area contributed by atoms with Crippen LogP contribution in [-0.4, -0.2) is 142 Å². The first-order valence-corrected chi connectivity index (χ1v) is 16.6. The van der Waals surface area contributed by atoms with E-state index in [0.29, 0.717) is 85.5 Å². The van der Waals surface area contributed by atoms with E-state index in [1.165, 1.54) is 18.2 Å². The van der Waals surface area contributed by atoms with E-state index >= 15 is 0 Å². The Morgan fingerprint density at radius 3 is 1.50 bits per heavy atom. The number of carboxylic acids is 1. The maximum atomic E-state index is 13.2. The van der Waals surface area contributed by atoms with Gasteiger partial charge in [-0.05, 0) is 24.6 Å². The van der Waals surface area contributed by atoms with E-state index in [0.717, 1.165) is 0 Å². The van der Waals surface area contributed by atoms with E-state index in [4.69, 9.17) is 59.8 Å². The first-order chi connectivity index (χ1) is 24.5.